The topological polar surface area (TPSA) is 42.1 Å². The summed E-state index contributed by atoms with van der Waals surface area (Å²) in [6.07, 6.45) is 0.999. The van der Waals surface area contributed by atoms with Crippen LogP contribution in [-0.2, 0) is 6.54 Å². The number of likely N-dealkylation sites (N-methyl/N-ethyl adjacent to an activating group) is 1. The van der Waals surface area contributed by atoms with E-state index in [1.54, 1.807) is 11.3 Å². The van der Waals surface area contributed by atoms with Gasteiger partial charge in [0.25, 0.3) is 0 Å². The van der Waals surface area contributed by atoms with Crippen LogP contribution in [0.15, 0.2) is 5.51 Å². The molecule has 0 bridgehead atoms. The van der Waals surface area contributed by atoms with Crippen molar-refractivity contribution in [3.05, 3.63) is 16.1 Å². The van der Waals surface area contributed by atoms with Crippen LogP contribution in [0.1, 0.15) is 30.8 Å². The monoisotopic (exact) mass is 227 g/mol. The van der Waals surface area contributed by atoms with Gasteiger partial charge in [-0.3, -0.25) is 4.90 Å². The van der Waals surface area contributed by atoms with Crippen molar-refractivity contribution in [2.75, 3.05) is 13.6 Å². The zero-order chi connectivity index (χ0) is 11.5. The van der Waals surface area contributed by atoms with E-state index in [1.807, 2.05) is 5.51 Å². The number of hydrogen-bond donors (Lipinski definition) is 1. The number of nitrogens with two attached hydrogens (primary N) is 1. The van der Waals surface area contributed by atoms with E-state index in [9.17, 15) is 0 Å². The summed E-state index contributed by atoms with van der Waals surface area (Å²) < 4.78 is 0. The van der Waals surface area contributed by atoms with E-state index in [1.165, 1.54) is 4.88 Å². The molecule has 2 N–H and O–H groups in total. The summed E-state index contributed by atoms with van der Waals surface area (Å²) in [6, 6.07) is 0. The molecule has 0 radical (unpaired) electrons. The van der Waals surface area contributed by atoms with E-state index < -0.39 is 0 Å². The third-order valence-corrected chi connectivity index (χ3v) is 3.62. The molecule has 0 fully saturated rings. The maximum atomic E-state index is 6.13. The minimum absolute atomic E-state index is 0.0899. The number of hydrogen-bond acceptors (Lipinski definition) is 4. The average Bonchev–Trinajstić information content (AvgIpc) is 2.51. The Labute approximate surface area is 96.3 Å². The SMILES string of the molecule is CCC(C)(N)CN(C)Cc1scnc1C. The molecule has 0 saturated carbocycles. The lowest BCUT2D eigenvalue weighted by Gasteiger charge is -2.28. The molecule has 0 aliphatic carbocycles. The largest absolute Gasteiger partial charge is 0.324 e. The van der Waals surface area contributed by atoms with Crippen molar-refractivity contribution in [2.45, 2.75) is 39.3 Å². The predicted molar refractivity (Wildman–Crippen MR) is 66.1 cm³/mol. The Morgan fingerprint density at radius 1 is 1.60 bits per heavy atom. The van der Waals surface area contributed by atoms with Gasteiger partial charge in [-0.05, 0) is 27.3 Å². The molecule has 3 nitrogen and oxygen atoms in total. The molecule has 1 rings (SSSR count). The van der Waals surface area contributed by atoms with Crippen molar-refractivity contribution < 1.29 is 0 Å². The van der Waals surface area contributed by atoms with E-state index in [2.05, 4.69) is 37.7 Å². The third kappa shape index (κ3) is 3.89. The molecule has 1 atom stereocenters. The Hall–Kier alpha value is -0.450. The smallest absolute Gasteiger partial charge is 0.0798 e. The average molecular weight is 227 g/mol. The van der Waals surface area contributed by atoms with Gasteiger partial charge in [-0.15, -0.1) is 11.3 Å². The second-order valence-corrected chi connectivity index (χ2v) is 5.48. The lowest BCUT2D eigenvalue weighted by atomic mass is 10.0. The molecular weight excluding hydrogens is 206 g/mol. The molecular formula is C11H21N3S. The highest BCUT2D eigenvalue weighted by Gasteiger charge is 2.18. The summed E-state index contributed by atoms with van der Waals surface area (Å²) >= 11 is 1.72. The first-order valence-electron chi connectivity index (χ1n) is 5.31. The Bertz CT molecular complexity index is 307. The molecule has 1 heterocycles. The van der Waals surface area contributed by atoms with E-state index in [0.29, 0.717) is 0 Å². The standard InChI is InChI=1S/C11H21N3S/c1-5-11(3,12)7-14(4)6-10-9(2)13-8-15-10/h8H,5-7,12H2,1-4H3. The normalized spacial score (nSPS) is 15.6. The first-order chi connectivity index (χ1) is 6.94. The summed E-state index contributed by atoms with van der Waals surface area (Å²) in [5.41, 5.74) is 9.08. The molecule has 0 saturated heterocycles. The number of aromatic nitrogens is 1. The van der Waals surface area contributed by atoms with Gasteiger partial charge in [0.05, 0.1) is 11.2 Å². The third-order valence-electron chi connectivity index (χ3n) is 2.70. The molecule has 86 valence electrons. The molecule has 1 aromatic heterocycles. The van der Waals surface area contributed by atoms with Crippen LogP contribution in [0, 0.1) is 6.92 Å². The Morgan fingerprint density at radius 3 is 2.73 bits per heavy atom. The van der Waals surface area contributed by atoms with Crippen LogP contribution in [0.5, 0.6) is 0 Å². The van der Waals surface area contributed by atoms with Crippen LogP contribution in [0.25, 0.3) is 0 Å². The zero-order valence-corrected chi connectivity index (χ0v) is 10.9. The molecule has 0 aliphatic rings. The molecule has 0 aliphatic heterocycles. The Kier molecular flexibility index (Phi) is 4.25. The van der Waals surface area contributed by atoms with E-state index in [0.717, 1.165) is 25.2 Å². The fraction of sp³-hybridized carbons (Fsp3) is 0.727. The van der Waals surface area contributed by atoms with Crippen LogP contribution in [0.2, 0.25) is 0 Å². The highest BCUT2D eigenvalue weighted by Crippen LogP contribution is 2.15. The van der Waals surface area contributed by atoms with Gasteiger partial charge in [-0.1, -0.05) is 6.92 Å². The lowest BCUT2D eigenvalue weighted by Crippen LogP contribution is -2.45. The molecule has 1 aromatic rings. The molecule has 0 amide bonds. The Balaban J connectivity index is 2.50. The minimum atomic E-state index is -0.0899. The highest BCUT2D eigenvalue weighted by atomic mass is 32.1. The summed E-state index contributed by atoms with van der Waals surface area (Å²) in [4.78, 5) is 7.85. The van der Waals surface area contributed by atoms with Crippen LogP contribution in [0.3, 0.4) is 0 Å². The van der Waals surface area contributed by atoms with Crippen LogP contribution in [-0.4, -0.2) is 29.0 Å². The maximum absolute atomic E-state index is 6.13. The van der Waals surface area contributed by atoms with Gasteiger partial charge in [-0.25, -0.2) is 4.98 Å². The zero-order valence-electron chi connectivity index (χ0n) is 10.1. The van der Waals surface area contributed by atoms with Crippen molar-refractivity contribution in [1.29, 1.82) is 0 Å². The van der Waals surface area contributed by atoms with Crippen LogP contribution >= 0.6 is 11.3 Å². The number of aryl methyl sites for hydroxylation is 1. The molecule has 1 unspecified atom stereocenters. The van der Waals surface area contributed by atoms with Crippen molar-refractivity contribution in [2.24, 2.45) is 5.73 Å². The summed E-state index contributed by atoms with van der Waals surface area (Å²) in [7, 11) is 2.11. The lowest BCUT2D eigenvalue weighted by molar-refractivity contribution is 0.248. The summed E-state index contributed by atoms with van der Waals surface area (Å²) in [5, 5.41) is 0. The van der Waals surface area contributed by atoms with Gasteiger partial charge in [0.15, 0.2) is 0 Å². The van der Waals surface area contributed by atoms with E-state index in [-0.39, 0.29) is 5.54 Å². The second kappa shape index (κ2) is 5.05. The maximum Gasteiger partial charge on any atom is 0.0798 e. The quantitative estimate of drug-likeness (QED) is 0.836. The van der Waals surface area contributed by atoms with E-state index in [4.69, 9.17) is 5.73 Å². The van der Waals surface area contributed by atoms with Crippen molar-refractivity contribution in [3.63, 3.8) is 0 Å². The van der Waals surface area contributed by atoms with Gasteiger partial charge in [0, 0.05) is 23.5 Å². The van der Waals surface area contributed by atoms with Gasteiger partial charge >= 0.3 is 0 Å². The fourth-order valence-corrected chi connectivity index (χ4v) is 2.36. The van der Waals surface area contributed by atoms with E-state index >= 15 is 0 Å². The molecule has 0 spiro atoms. The van der Waals surface area contributed by atoms with Crippen molar-refractivity contribution >= 4 is 11.3 Å². The molecule has 0 aromatic carbocycles. The first kappa shape index (κ1) is 12.6. The predicted octanol–water partition coefficient (Wildman–Crippen LogP) is 2.01. The van der Waals surface area contributed by atoms with Gasteiger partial charge in [0.1, 0.15) is 0 Å². The van der Waals surface area contributed by atoms with Crippen LogP contribution in [0.4, 0.5) is 0 Å². The minimum Gasteiger partial charge on any atom is -0.324 e. The summed E-state index contributed by atoms with van der Waals surface area (Å²) in [6.45, 7) is 8.15. The van der Waals surface area contributed by atoms with Crippen molar-refractivity contribution in [1.82, 2.24) is 9.88 Å². The van der Waals surface area contributed by atoms with Gasteiger partial charge in [0.2, 0.25) is 0 Å². The second-order valence-electron chi connectivity index (χ2n) is 4.54. The van der Waals surface area contributed by atoms with Gasteiger partial charge in [-0.2, -0.15) is 0 Å². The first-order valence-corrected chi connectivity index (χ1v) is 6.19. The molecule has 15 heavy (non-hydrogen) atoms. The number of nitrogens with zero attached hydrogens (tertiary/aromatic N) is 2. The highest BCUT2D eigenvalue weighted by molar-refractivity contribution is 7.09. The molecule has 4 heteroatoms. The summed E-state index contributed by atoms with van der Waals surface area (Å²) in [5.74, 6) is 0. The number of thiazole rings is 1. The van der Waals surface area contributed by atoms with Crippen molar-refractivity contribution in [3.8, 4) is 0 Å². The fourth-order valence-electron chi connectivity index (χ4n) is 1.51. The van der Waals surface area contributed by atoms with Gasteiger partial charge < -0.3 is 5.73 Å². The Morgan fingerprint density at radius 2 is 2.27 bits per heavy atom. The number of rotatable bonds is 5. The van der Waals surface area contributed by atoms with Crippen LogP contribution < -0.4 is 5.73 Å².